The van der Waals surface area contributed by atoms with E-state index in [2.05, 4.69) is 51.2 Å². The van der Waals surface area contributed by atoms with Gasteiger partial charge in [0.2, 0.25) is 0 Å². The monoisotopic (exact) mass is 542 g/mol. The average molecular weight is 543 g/mol. The molecule has 1 aliphatic heterocycles. The van der Waals surface area contributed by atoms with Crippen molar-refractivity contribution in [1.29, 1.82) is 0 Å². The molecule has 0 saturated carbocycles. The summed E-state index contributed by atoms with van der Waals surface area (Å²) < 4.78 is 22.8. The van der Waals surface area contributed by atoms with Crippen molar-refractivity contribution in [3.8, 4) is 0 Å². The predicted octanol–water partition coefficient (Wildman–Crippen LogP) is 2.96. The highest BCUT2D eigenvalue weighted by atomic mass is 127. The molecule has 0 spiro atoms. The fourth-order valence-electron chi connectivity index (χ4n) is 3.14. The maximum absolute atomic E-state index is 11.4. The number of thiophene rings is 1. The normalized spacial score (nSPS) is 17.2. The van der Waals surface area contributed by atoms with Gasteiger partial charge in [0.1, 0.15) is 9.84 Å². The Morgan fingerprint density at radius 1 is 1.36 bits per heavy atom. The number of sulfone groups is 1. The summed E-state index contributed by atoms with van der Waals surface area (Å²) in [6.45, 7) is 8.08. The zero-order valence-corrected chi connectivity index (χ0v) is 21.4. The maximum Gasteiger partial charge on any atom is 0.191 e. The summed E-state index contributed by atoms with van der Waals surface area (Å²) in [7, 11) is -1.14. The molecule has 1 aliphatic rings. The van der Waals surface area contributed by atoms with Crippen LogP contribution in [0.1, 0.15) is 38.7 Å². The lowest BCUT2D eigenvalue weighted by atomic mass is 9.90. The first-order valence-electron chi connectivity index (χ1n) is 9.55. The van der Waals surface area contributed by atoms with E-state index in [1.807, 2.05) is 0 Å². The summed E-state index contributed by atoms with van der Waals surface area (Å²) in [6.07, 6.45) is 4.13. The molecular formula is C19H35IN4O2S2. The quantitative estimate of drug-likeness (QED) is 0.300. The second kappa shape index (κ2) is 11.7. The van der Waals surface area contributed by atoms with Crippen molar-refractivity contribution in [2.45, 2.75) is 45.7 Å². The smallest absolute Gasteiger partial charge is 0.191 e. The van der Waals surface area contributed by atoms with E-state index < -0.39 is 9.84 Å². The number of nitrogens with zero attached hydrogens (tertiary/aromatic N) is 2. The summed E-state index contributed by atoms with van der Waals surface area (Å²) in [5.41, 5.74) is 1.30. The van der Waals surface area contributed by atoms with Gasteiger partial charge >= 0.3 is 0 Å². The fraction of sp³-hybridized carbons (Fsp3) is 0.737. The van der Waals surface area contributed by atoms with Gasteiger partial charge < -0.3 is 10.6 Å². The highest BCUT2D eigenvalue weighted by molar-refractivity contribution is 14.0. The Morgan fingerprint density at radius 3 is 2.57 bits per heavy atom. The van der Waals surface area contributed by atoms with Crippen molar-refractivity contribution in [2.75, 3.05) is 38.7 Å². The summed E-state index contributed by atoms with van der Waals surface area (Å²) in [6, 6.07) is 2.63. The van der Waals surface area contributed by atoms with Gasteiger partial charge in [-0.3, -0.25) is 9.89 Å². The molecule has 0 aliphatic carbocycles. The largest absolute Gasteiger partial charge is 0.356 e. The SMILES string of the molecule is CN=C(NCC(C)(C)CCS(C)(=O)=O)NC1CCN(Cc2ccsc2)CC1.I. The maximum atomic E-state index is 11.4. The Hall–Kier alpha value is -0.390. The van der Waals surface area contributed by atoms with E-state index in [1.54, 1.807) is 18.4 Å². The van der Waals surface area contributed by atoms with Crippen LogP contribution in [-0.4, -0.2) is 64.0 Å². The van der Waals surface area contributed by atoms with Crippen molar-refractivity contribution in [1.82, 2.24) is 15.5 Å². The van der Waals surface area contributed by atoms with E-state index in [0.29, 0.717) is 19.0 Å². The molecule has 1 saturated heterocycles. The Balaban J connectivity index is 0.00000392. The second-order valence-corrected chi connectivity index (χ2v) is 11.3. The third-order valence-corrected chi connectivity index (χ3v) is 6.70. The highest BCUT2D eigenvalue weighted by Crippen LogP contribution is 2.20. The van der Waals surface area contributed by atoms with Crippen molar-refractivity contribution in [3.63, 3.8) is 0 Å². The van der Waals surface area contributed by atoms with Gasteiger partial charge in [0.25, 0.3) is 0 Å². The van der Waals surface area contributed by atoms with Gasteiger partial charge in [-0.2, -0.15) is 11.3 Å². The second-order valence-electron chi connectivity index (χ2n) is 8.30. The van der Waals surface area contributed by atoms with E-state index in [1.165, 1.54) is 11.8 Å². The zero-order chi connectivity index (χ0) is 19.9. The number of likely N-dealkylation sites (tertiary alicyclic amines) is 1. The van der Waals surface area contributed by atoms with E-state index in [0.717, 1.165) is 38.4 Å². The van der Waals surface area contributed by atoms with Crippen LogP contribution in [0.2, 0.25) is 0 Å². The number of guanidine groups is 1. The topological polar surface area (TPSA) is 73.8 Å². The molecule has 0 aromatic carbocycles. The van der Waals surface area contributed by atoms with Crippen molar-refractivity contribution in [2.24, 2.45) is 10.4 Å². The lowest BCUT2D eigenvalue weighted by Crippen LogP contribution is -2.50. The van der Waals surface area contributed by atoms with Crippen LogP contribution in [0.15, 0.2) is 21.8 Å². The molecule has 162 valence electrons. The molecule has 6 nitrogen and oxygen atoms in total. The van der Waals surface area contributed by atoms with Crippen LogP contribution in [-0.2, 0) is 16.4 Å². The number of nitrogens with one attached hydrogen (secondary N) is 2. The number of piperidine rings is 1. The number of rotatable bonds is 8. The lowest BCUT2D eigenvalue weighted by Gasteiger charge is -2.33. The van der Waals surface area contributed by atoms with Gasteiger partial charge in [0.15, 0.2) is 5.96 Å². The molecule has 0 radical (unpaired) electrons. The highest BCUT2D eigenvalue weighted by Gasteiger charge is 2.23. The third kappa shape index (κ3) is 9.89. The first kappa shape index (κ1) is 25.6. The molecule has 28 heavy (non-hydrogen) atoms. The lowest BCUT2D eigenvalue weighted by molar-refractivity contribution is 0.198. The first-order chi connectivity index (χ1) is 12.7. The minimum atomic E-state index is -2.93. The molecule has 2 rings (SSSR count). The van der Waals surface area contributed by atoms with Gasteiger partial charge in [-0.05, 0) is 47.1 Å². The number of halogens is 1. The van der Waals surface area contributed by atoms with Crippen LogP contribution in [0, 0.1) is 5.41 Å². The first-order valence-corrected chi connectivity index (χ1v) is 12.6. The van der Waals surface area contributed by atoms with Gasteiger partial charge in [-0.25, -0.2) is 8.42 Å². The fourth-order valence-corrected chi connectivity index (χ4v) is 4.72. The zero-order valence-electron chi connectivity index (χ0n) is 17.4. The number of aliphatic imine (C=N–C) groups is 1. The van der Waals surface area contributed by atoms with Crippen molar-refractivity contribution >= 4 is 51.1 Å². The molecule has 1 aromatic rings. The minimum absolute atomic E-state index is 0. The summed E-state index contributed by atoms with van der Waals surface area (Å²) in [5, 5.41) is 11.3. The van der Waals surface area contributed by atoms with Crippen molar-refractivity contribution in [3.05, 3.63) is 22.4 Å². The summed E-state index contributed by atoms with van der Waals surface area (Å²) in [4.78, 5) is 6.84. The molecule has 1 fully saturated rings. The molecule has 2 N–H and O–H groups in total. The number of hydrogen-bond acceptors (Lipinski definition) is 5. The molecular weight excluding hydrogens is 507 g/mol. The van der Waals surface area contributed by atoms with Gasteiger partial charge in [0, 0.05) is 45.5 Å². The van der Waals surface area contributed by atoms with Gasteiger partial charge in [-0.15, -0.1) is 24.0 Å². The molecule has 0 amide bonds. The molecule has 0 bridgehead atoms. The van der Waals surface area contributed by atoms with Gasteiger partial charge in [0.05, 0.1) is 5.75 Å². The van der Waals surface area contributed by atoms with E-state index in [-0.39, 0.29) is 35.1 Å². The minimum Gasteiger partial charge on any atom is -0.356 e. The predicted molar refractivity (Wildman–Crippen MR) is 131 cm³/mol. The van der Waals surface area contributed by atoms with Crippen LogP contribution < -0.4 is 10.6 Å². The molecule has 2 heterocycles. The van der Waals surface area contributed by atoms with Crippen LogP contribution >= 0.6 is 35.3 Å². The summed E-state index contributed by atoms with van der Waals surface area (Å²) >= 11 is 1.76. The van der Waals surface area contributed by atoms with E-state index >= 15 is 0 Å². The molecule has 9 heteroatoms. The Labute approximate surface area is 191 Å². The van der Waals surface area contributed by atoms with Crippen molar-refractivity contribution < 1.29 is 8.42 Å². The summed E-state index contributed by atoms with van der Waals surface area (Å²) in [5.74, 6) is 1.02. The van der Waals surface area contributed by atoms with Crippen LogP contribution in [0.4, 0.5) is 0 Å². The average Bonchev–Trinajstić information content (AvgIpc) is 3.11. The van der Waals surface area contributed by atoms with Crippen LogP contribution in [0.3, 0.4) is 0 Å². The van der Waals surface area contributed by atoms with E-state index in [4.69, 9.17) is 0 Å². The molecule has 0 atom stereocenters. The molecule has 0 unspecified atom stereocenters. The number of hydrogen-bond donors (Lipinski definition) is 2. The van der Waals surface area contributed by atoms with E-state index in [9.17, 15) is 8.42 Å². The Morgan fingerprint density at radius 2 is 2.04 bits per heavy atom. The standard InChI is InChI=1S/C19H34N4O2S2.HI/c1-19(2,8-12-27(4,24)25)15-21-18(20-3)22-17-5-9-23(10-6-17)13-16-7-11-26-14-16;/h7,11,14,17H,5-6,8-10,12-13,15H2,1-4H3,(H2,20,21,22);1H. The van der Waals surface area contributed by atoms with Gasteiger partial charge in [-0.1, -0.05) is 13.8 Å². The third-order valence-electron chi connectivity index (χ3n) is 5.02. The van der Waals surface area contributed by atoms with Crippen LogP contribution in [0.5, 0.6) is 0 Å². The van der Waals surface area contributed by atoms with Crippen LogP contribution in [0.25, 0.3) is 0 Å². The molecule has 1 aromatic heterocycles. The Bertz CT molecular complexity index is 698. The Kier molecular flexibility index (Phi) is 10.7.